The number of nitrogens with zero attached hydrogens (tertiary/aromatic N) is 1. The van der Waals surface area contributed by atoms with E-state index in [1.54, 1.807) is 0 Å². The molecule has 1 rings (SSSR count). The third-order valence-corrected chi connectivity index (χ3v) is 3.09. The molecule has 1 fully saturated rings. The molecule has 0 spiro atoms. The summed E-state index contributed by atoms with van der Waals surface area (Å²) < 4.78 is 5.48. The van der Waals surface area contributed by atoms with Crippen LogP contribution in [-0.2, 0) is 4.74 Å². The molecule has 4 nitrogen and oxygen atoms in total. The minimum Gasteiger partial charge on any atom is -0.381 e. The van der Waals surface area contributed by atoms with Crippen molar-refractivity contribution in [3.8, 4) is 0 Å². The number of nitrogens with one attached hydrogen (secondary N) is 1. The fraction of sp³-hybridized carbons (Fsp3) is 0.929. The summed E-state index contributed by atoms with van der Waals surface area (Å²) >= 11 is 0. The van der Waals surface area contributed by atoms with E-state index in [1.165, 1.54) is 12.8 Å². The van der Waals surface area contributed by atoms with Crippen LogP contribution in [0.5, 0.6) is 0 Å². The SMILES string of the molecule is CC(C)COCCCNC(=O)N1CCCCCC1. The lowest BCUT2D eigenvalue weighted by Crippen LogP contribution is -2.41. The van der Waals surface area contributed by atoms with Crippen molar-refractivity contribution in [1.82, 2.24) is 10.2 Å². The molecule has 0 unspecified atom stereocenters. The Hall–Kier alpha value is -0.770. The Morgan fingerprint density at radius 3 is 2.50 bits per heavy atom. The van der Waals surface area contributed by atoms with Crippen LogP contribution >= 0.6 is 0 Å². The van der Waals surface area contributed by atoms with Crippen LogP contribution in [0.2, 0.25) is 0 Å². The summed E-state index contributed by atoms with van der Waals surface area (Å²) in [7, 11) is 0. The summed E-state index contributed by atoms with van der Waals surface area (Å²) in [5.41, 5.74) is 0. The minimum absolute atomic E-state index is 0.0979. The maximum absolute atomic E-state index is 11.9. The Morgan fingerprint density at radius 1 is 1.22 bits per heavy atom. The molecule has 1 aliphatic rings. The van der Waals surface area contributed by atoms with Crippen molar-refractivity contribution in [3.63, 3.8) is 0 Å². The summed E-state index contributed by atoms with van der Waals surface area (Å²) in [5.74, 6) is 0.580. The molecule has 0 bridgehead atoms. The standard InChI is InChI=1S/C14H28N2O2/c1-13(2)12-18-11-7-8-15-14(17)16-9-5-3-4-6-10-16/h13H,3-12H2,1-2H3,(H,15,17). The quantitative estimate of drug-likeness (QED) is 0.742. The molecule has 0 aromatic carbocycles. The van der Waals surface area contributed by atoms with E-state index in [4.69, 9.17) is 4.74 Å². The number of amides is 2. The summed E-state index contributed by atoms with van der Waals surface area (Å²) in [6.45, 7) is 8.36. The molecule has 106 valence electrons. The van der Waals surface area contributed by atoms with Gasteiger partial charge in [0.2, 0.25) is 0 Å². The van der Waals surface area contributed by atoms with E-state index < -0.39 is 0 Å². The zero-order valence-electron chi connectivity index (χ0n) is 11.9. The Balaban J connectivity index is 2.02. The summed E-state index contributed by atoms with van der Waals surface area (Å²) in [5, 5.41) is 2.98. The molecule has 0 radical (unpaired) electrons. The van der Waals surface area contributed by atoms with Gasteiger partial charge in [-0.2, -0.15) is 0 Å². The van der Waals surface area contributed by atoms with Gasteiger partial charge in [-0.15, -0.1) is 0 Å². The molecule has 1 saturated heterocycles. The summed E-state index contributed by atoms with van der Waals surface area (Å²) in [6, 6.07) is 0.0979. The van der Waals surface area contributed by atoms with Crippen LogP contribution in [-0.4, -0.2) is 43.8 Å². The van der Waals surface area contributed by atoms with Crippen LogP contribution in [0.25, 0.3) is 0 Å². The van der Waals surface area contributed by atoms with Gasteiger partial charge in [0.25, 0.3) is 0 Å². The monoisotopic (exact) mass is 256 g/mol. The molecule has 4 heteroatoms. The van der Waals surface area contributed by atoms with Gasteiger partial charge in [0, 0.05) is 32.8 Å². The highest BCUT2D eigenvalue weighted by molar-refractivity contribution is 5.74. The summed E-state index contributed by atoms with van der Waals surface area (Å²) in [4.78, 5) is 13.8. The Kier molecular flexibility index (Phi) is 7.81. The van der Waals surface area contributed by atoms with Gasteiger partial charge in [-0.3, -0.25) is 0 Å². The molecule has 18 heavy (non-hydrogen) atoms. The predicted octanol–water partition coefficient (Wildman–Crippen LogP) is 2.63. The first kappa shape index (κ1) is 15.3. The summed E-state index contributed by atoms with van der Waals surface area (Å²) in [6.07, 6.45) is 5.70. The van der Waals surface area contributed by atoms with E-state index in [1.807, 2.05) is 4.90 Å². The maximum Gasteiger partial charge on any atom is 0.317 e. The lowest BCUT2D eigenvalue weighted by molar-refractivity contribution is 0.108. The molecule has 1 N–H and O–H groups in total. The molecular formula is C14H28N2O2. The molecule has 0 saturated carbocycles. The molecule has 0 aromatic rings. The molecule has 2 amide bonds. The molecule has 0 aromatic heterocycles. The number of hydrogen-bond donors (Lipinski definition) is 1. The first-order valence-electron chi connectivity index (χ1n) is 7.30. The first-order valence-corrected chi connectivity index (χ1v) is 7.30. The number of hydrogen-bond acceptors (Lipinski definition) is 2. The van der Waals surface area contributed by atoms with E-state index >= 15 is 0 Å². The van der Waals surface area contributed by atoms with Gasteiger partial charge in [0.1, 0.15) is 0 Å². The number of carbonyl (C=O) groups is 1. The van der Waals surface area contributed by atoms with Crippen molar-refractivity contribution in [1.29, 1.82) is 0 Å². The Labute approximate surface area is 111 Å². The number of ether oxygens (including phenoxy) is 1. The highest BCUT2D eigenvalue weighted by Crippen LogP contribution is 2.09. The fourth-order valence-corrected chi connectivity index (χ4v) is 2.07. The van der Waals surface area contributed by atoms with Gasteiger partial charge in [0.15, 0.2) is 0 Å². The van der Waals surface area contributed by atoms with E-state index in [0.29, 0.717) is 12.5 Å². The average molecular weight is 256 g/mol. The highest BCUT2D eigenvalue weighted by Gasteiger charge is 2.14. The van der Waals surface area contributed by atoms with E-state index in [2.05, 4.69) is 19.2 Å². The van der Waals surface area contributed by atoms with Crippen molar-refractivity contribution < 1.29 is 9.53 Å². The van der Waals surface area contributed by atoms with Crippen molar-refractivity contribution in [2.24, 2.45) is 5.92 Å². The lowest BCUT2D eigenvalue weighted by Gasteiger charge is -2.20. The zero-order valence-corrected chi connectivity index (χ0v) is 11.9. The topological polar surface area (TPSA) is 41.6 Å². The molecule has 1 aliphatic heterocycles. The van der Waals surface area contributed by atoms with Gasteiger partial charge in [0.05, 0.1) is 0 Å². The molecule has 0 atom stereocenters. The van der Waals surface area contributed by atoms with E-state index in [0.717, 1.165) is 45.6 Å². The van der Waals surface area contributed by atoms with Gasteiger partial charge >= 0.3 is 6.03 Å². The lowest BCUT2D eigenvalue weighted by atomic mass is 10.2. The smallest absolute Gasteiger partial charge is 0.317 e. The van der Waals surface area contributed by atoms with Crippen molar-refractivity contribution in [2.45, 2.75) is 46.0 Å². The normalized spacial score (nSPS) is 16.7. The van der Waals surface area contributed by atoms with Crippen molar-refractivity contribution >= 4 is 6.03 Å². The third-order valence-electron chi connectivity index (χ3n) is 3.09. The van der Waals surface area contributed by atoms with E-state index in [9.17, 15) is 4.79 Å². The van der Waals surface area contributed by atoms with Crippen LogP contribution < -0.4 is 5.32 Å². The maximum atomic E-state index is 11.9. The Bertz CT molecular complexity index is 224. The number of urea groups is 1. The predicted molar refractivity (Wildman–Crippen MR) is 73.7 cm³/mol. The largest absolute Gasteiger partial charge is 0.381 e. The van der Waals surface area contributed by atoms with Crippen LogP contribution in [0, 0.1) is 5.92 Å². The fourth-order valence-electron chi connectivity index (χ4n) is 2.07. The first-order chi connectivity index (χ1) is 8.70. The minimum atomic E-state index is 0.0979. The van der Waals surface area contributed by atoms with Gasteiger partial charge in [-0.25, -0.2) is 4.79 Å². The number of carbonyl (C=O) groups excluding carboxylic acids is 1. The molecule has 1 heterocycles. The second-order valence-electron chi connectivity index (χ2n) is 5.46. The number of likely N-dealkylation sites (tertiary alicyclic amines) is 1. The second-order valence-corrected chi connectivity index (χ2v) is 5.46. The van der Waals surface area contributed by atoms with Crippen LogP contribution in [0.1, 0.15) is 46.0 Å². The molecule has 0 aliphatic carbocycles. The highest BCUT2D eigenvalue weighted by atomic mass is 16.5. The van der Waals surface area contributed by atoms with Crippen LogP contribution in [0.4, 0.5) is 4.79 Å². The van der Waals surface area contributed by atoms with Gasteiger partial charge < -0.3 is 15.0 Å². The van der Waals surface area contributed by atoms with Gasteiger partial charge in [-0.05, 0) is 25.2 Å². The molecular weight excluding hydrogens is 228 g/mol. The van der Waals surface area contributed by atoms with E-state index in [-0.39, 0.29) is 6.03 Å². The van der Waals surface area contributed by atoms with Crippen LogP contribution in [0.15, 0.2) is 0 Å². The van der Waals surface area contributed by atoms with Crippen molar-refractivity contribution in [3.05, 3.63) is 0 Å². The van der Waals surface area contributed by atoms with Gasteiger partial charge in [-0.1, -0.05) is 26.7 Å². The number of rotatable bonds is 6. The third kappa shape index (κ3) is 6.84. The second kappa shape index (κ2) is 9.20. The zero-order chi connectivity index (χ0) is 13.2. The van der Waals surface area contributed by atoms with Crippen molar-refractivity contribution in [2.75, 3.05) is 32.8 Å². The Morgan fingerprint density at radius 2 is 1.89 bits per heavy atom. The average Bonchev–Trinajstić information content (AvgIpc) is 2.61. The van der Waals surface area contributed by atoms with Crippen LogP contribution in [0.3, 0.4) is 0 Å².